The lowest BCUT2D eigenvalue weighted by Gasteiger charge is -2.34. The zero-order valence-corrected chi connectivity index (χ0v) is 17.0. The van der Waals surface area contributed by atoms with E-state index in [0.29, 0.717) is 30.2 Å². The first-order valence-electron chi connectivity index (χ1n) is 9.78. The summed E-state index contributed by atoms with van der Waals surface area (Å²) in [6, 6.07) is 13.3. The first kappa shape index (κ1) is 20.4. The number of nitrogens with zero attached hydrogens (tertiary/aromatic N) is 1. The Morgan fingerprint density at radius 3 is 2.90 bits per heavy atom. The summed E-state index contributed by atoms with van der Waals surface area (Å²) in [6.45, 7) is 1.62. The normalized spacial score (nSPS) is 17.1. The first-order valence-corrected chi connectivity index (χ1v) is 10.2. The molecule has 2 amide bonds. The maximum Gasteiger partial charge on any atom is 0.237 e. The van der Waals surface area contributed by atoms with Crippen molar-refractivity contribution in [2.24, 2.45) is 0 Å². The standard InChI is InChI=1S/C22H22ClFN4O2/c23-16-5-6-19-15(9-16)10-17(27-19)12-26-21(29)11-20-22(30)25-7-8-28(20)13-14-3-1-2-4-18(14)24/h1-6,9-10,20,27H,7-8,11-13H2,(H,25,30)(H,26,29). The predicted molar refractivity (Wildman–Crippen MR) is 113 cm³/mol. The molecule has 0 saturated carbocycles. The van der Waals surface area contributed by atoms with Crippen molar-refractivity contribution in [2.75, 3.05) is 13.1 Å². The number of amides is 2. The van der Waals surface area contributed by atoms with Crippen LogP contribution in [0.5, 0.6) is 0 Å². The van der Waals surface area contributed by atoms with Crippen molar-refractivity contribution in [2.45, 2.75) is 25.6 Å². The smallest absolute Gasteiger partial charge is 0.237 e. The quantitative estimate of drug-likeness (QED) is 0.565. The number of nitrogens with one attached hydrogen (secondary N) is 3. The van der Waals surface area contributed by atoms with Crippen molar-refractivity contribution >= 4 is 34.3 Å². The highest BCUT2D eigenvalue weighted by molar-refractivity contribution is 6.31. The van der Waals surface area contributed by atoms with Gasteiger partial charge in [-0.3, -0.25) is 14.5 Å². The van der Waals surface area contributed by atoms with Crippen LogP contribution in [0.25, 0.3) is 10.9 Å². The summed E-state index contributed by atoms with van der Waals surface area (Å²) in [7, 11) is 0. The third-order valence-corrected chi connectivity index (χ3v) is 5.50. The Kier molecular flexibility index (Phi) is 6.01. The summed E-state index contributed by atoms with van der Waals surface area (Å²) in [4.78, 5) is 30.0. The molecule has 0 bridgehead atoms. The van der Waals surface area contributed by atoms with Gasteiger partial charge in [0.05, 0.1) is 19.0 Å². The van der Waals surface area contributed by atoms with Crippen LogP contribution in [-0.4, -0.2) is 40.8 Å². The lowest BCUT2D eigenvalue weighted by molar-refractivity contribution is -0.134. The molecule has 30 heavy (non-hydrogen) atoms. The van der Waals surface area contributed by atoms with Gasteiger partial charge in [-0.25, -0.2) is 4.39 Å². The summed E-state index contributed by atoms with van der Waals surface area (Å²) in [6.07, 6.45) is 0.00629. The second kappa shape index (κ2) is 8.85. The van der Waals surface area contributed by atoms with E-state index < -0.39 is 6.04 Å². The van der Waals surface area contributed by atoms with Gasteiger partial charge >= 0.3 is 0 Å². The molecule has 6 nitrogen and oxygen atoms in total. The number of carbonyl (C=O) groups is 2. The van der Waals surface area contributed by atoms with Crippen molar-refractivity contribution in [1.29, 1.82) is 0 Å². The Morgan fingerprint density at radius 2 is 2.07 bits per heavy atom. The van der Waals surface area contributed by atoms with Crippen molar-refractivity contribution in [3.63, 3.8) is 0 Å². The molecule has 1 aliphatic rings. The minimum Gasteiger partial charge on any atom is -0.357 e. The number of H-pyrrole nitrogens is 1. The largest absolute Gasteiger partial charge is 0.357 e. The molecule has 1 saturated heterocycles. The number of carbonyl (C=O) groups excluding carboxylic acids is 2. The molecule has 3 N–H and O–H groups in total. The van der Waals surface area contributed by atoms with Gasteiger partial charge in [0.1, 0.15) is 5.82 Å². The molecule has 0 aliphatic carbocycles. The summed E-state index contributed by atoms with van der Waals surface area (Å²) in [5, 5.41) is 7.26. The van der Waals surface area contributed by atoms with E-state index in [1.165, 1.54) is 6.07 Å². The summed E-state index contributed by atoms with van der Waals surface area (Å²) >= 11 is 6.01. The van der Waals surface area contributed by atoms with E-state index in [9.17, 15) is 14.0 Å². The highest BCUT2D eigenvalue weighted by atomic mass is 35.5. The third-order valence-electron chi connectivity index (χ3n) is 5.27. The number of rotatable bonds is 6. The van der Waals surface area contributed by atoms with Gasteiger partial charge in [-0.05, 0) is 30.3 Å². The Labute approximate surface area is 178 Å². The number of hydrogen-bond acceptors (Lipinski definition) is 3. The minimum atomic E-state index is -0.639. The Bertz CT molecular complexity index is 1080. The fourth-order valence-electron chi connectivity index (χ4n) is 3.72. The molecule has 156 valence electrons. The van der Waals surface area contributed by atoms with Crippen LogP contribution in [-0.2, 0) is 22.7 Å². The number of fused-ring (bicyclic) bond motifs is 1. The fourth-order valence-corrected chi connectivity index (χ4v) is 3.90. The molecular formula is C22H22ClFN4O2. The second-order valence-corrected chi connectivity index (χ2v) is 7.81. The highest BCUT2D eigenvalue weighted by Crippen LogP contribution is 2.20. The highest BCUT2D eigenvalue weighted by Gasteiger charge is 2.31. The predicted octanol–water partition coefficient (Wildman–Crippen LogP) is 2.97. The van der Waals surface area contributed by atoms with Crippen LogP contribution in [0.3, 0.4) is 0 Å². The van der Waals surface area contributed by atoms with Gasteiger partial charge < -0.3 is 15.6 Å². The molecule has 1 fully saturated rings. The molecule has 1 aromatic heterocycles. The molecule has 2 aromatic carbocycles. The van der Waals surface area contributed by atoms with Crippen LogP contribution in [0.15, 0.2) is 48.5 Å². The topological polar surface area (TPSA) is 77.2 Å². The molecule has 0 radical (unpaired) electrons. The maximum absolute atomic E-state index is 14.0. The van der Waals surface area contributed by atoms with Gasteiger partial charge in [-0.2, -0.15) is 0 Å². The van der Waals surface area contributed by atoms with E-state index >= 15 is 0 Å². The molecule has 2 heterocycles. The lowest BCUT2D eigenvalue weighted by Crippen LogP contribution is -2.56. The van der Waals surface area contributed by atoms with Gasteiger partial charge in [0.15, 0.2) is 0 Å². The molecule has 4 rings (SSSR count). The second-order valence-electron chi connectivity index (χ2n) is 7.38. The zero-order valence-electron chi connectivity index (χ0n) is 16.3. The maximum atomic E-state index is 14.0. The number of piperazine rings is 1. The Morgan fingerprint density at radius 1 is 1.23 bits per heavy atom. The SMILES string of the molecule is O=C(CC1C(=O)NCCN1Cc1ccccc1F)NCc1cc2cc(Cl)ccc2[nH]1. The van der Waals surface area contributed by atoms with Crippen molar-refractivity contribution in [3.05, 3.63) is 70.6 Å². The van der Waals surface area contributed by atoms with E-state index in [1.807, 2.05) is 23.1 Å². The van der Waals surface area contributed by atoms with Crippen LogP contribution < -0.4 is 10.6 Å². The average molecular weight is 429 g/mol. The number of aromatic nitrogens is 1. The number of benzene rings is 2. The van der Waals surface area contributed by atoms with Crippen LogP contribution in [0.2, 0.25) is 5.02 Å². The monoisotopic (exact) mass is 428 g/mol. The fraction of sp³-hybridized carbons (Fsp3) is 0.273. The number of hydrogen-bond donors (Lipinski definition) is 3. The Balaban J connectivity index is 1.39. The third kappa shape index (κ3) is 4.63. The van der Waals surface area contributed by atoms with Gasteiger partial charge in [-0.15, -0.1) is 0 Å². The summed E-state index contributed by atoms with van der Waals surface area (Å²) in [5.41, 5.74) is 2.29. The molecule has 3 aromatic rings. The van der Waals surface area contributed by atoms with Gasteiger partial charge in [0.25, 0.3) is 0 Å². The van der Waals surface area contributed by atoms with Crippen LogP contribution in [0, 0.1) is 5.82 Å². The lowest BCUT2D eigenvalue weighted by atomic mass is 10.1. The van der Waals surface area contributed by atoms with E-state index in [-0.39, 0.29) is 30.6 Å². The van der Waals surface area contributed by atoms with Crippen LogP contribution in [0.1, 0.15) is 17.7 Å². The van der Waals surface area contributed by atoms with E-state index in [2.05, 4.69) is 15.6 Å². The minimum absolute atomic E-state index is 0.00629. The van der Waals surface area contributed by atoms with E-state index in [0.717, 1.165) is 16.6 Å². The summed E-state index contributed by atoms with van der Waals surface area (Å²) < 4.78 is 14.0. The van der Waals surface area contributed by atoms with E-state index in [1.54, 1.807) is 24.3 Å². The molecule has 8 heteroatoms. The van der Waals surface area contributed by atoms with Gasteiger partial charge in [0, 0.05) is 46.8 Å². The molecule has 1 atom stereocenters. The van der Waals surface area contributed by atoms with Crippen molar-refractivity contribution in [1.82, 2.24) is 20.5 Å². The molecule has 0 spiro atoms. The van der Waals surface area contributed by atoms with Crippen molar-refractivity contribution in [3.8, 4) is 0 Å². The van der Waals surface area contributed by atoms with E-state index in [4.69, 9.17) is 11.6 Å². The first-order chi connectivity index (χ1) is 14.5. The van der Waals surface area contributed by atoms with Crippen molar-refractivity contribution < 1.29 is 14.0 Å². The molecular weight excluding hydrogens is 407 g/mol. The molecule has 1 unspecified atom stereocenters. The van der Waals surface area contributed by atoms with Crippen LogP contribution in [0.4, 0.5) is 4.39 Å². The number of aromatic amines is 1. The molecule has 1 aliphatic heterocycles. The van der Waals surface area contributed by atoms with Gasteiger partial charge in [0.2, 0.25) is 11.8 Å². The average Bonchev–Trinajstić information content (AvgIpc) is 3.12. The number of halogens is 2. The van der Waals surface area contributed by atoms with Crippen LogP contribution >= 0.6 is 11.6 Å². The summed E-state index contributed by atoms with van der Waals surface area (Å²) in [5.74, 6) is -0.772. The zero-order chi connectivity index (χ0) is 21.1. The Hall–Kier alpha value is -2.90. The van der Waals surface area contributed by atoms with Gasteiger partial charge in [-0.1, -0.05) is 29.8 Å².